The number of halogens is 2. The maximum absolute atomic E-state index is 12.7. The number of unbranched alkanes of at least 4 members (excludes halogenated alkanes) is 3. The molecular formula is C21H19Cl2NO4S2. The first-order valence-corrected chi connectivity index (χ1v) is 11.4. The van der Waals surface area contributed by atoms with Gasteiger partial charge in [0, 0.05) is 29.6 Å². The van der Waals surface area contributed by atoms with E-state index in [0.29, 0.717) is 43.8 Å². The predicted octanol–water partition coefficient (Wildman–Crippen LogP) is 6.49. The van der Waals surface area contributed by atoms with Crippen molar-refractivity contribution < 1.29 is 19.1 Å². The number of aliphatic carboxylic acids is 1. The van der Waals surface area contributed by atoms with Crippen LogP contribution in [0.5, 0.6) is 0 Å². The SMILES string of the molecule is O=C(O)CCCCCCN1C(=O)C(=Cc2ccc(-c3ccc(Cl)cc3Cl)o2)SC1=S. The maximum Gasteiger partial charge on any atom is 0.303 e. The summed E-state index contributed by atoms with van der Waals surface area (Å²) in [7, 11) is 0. The molecule has 1 amide bonds. The second kappa shape index (κ2) is 10.5. The van der Waals surface area contributed by atoms with Crippen LogP contribution < -0.4 is 0 Å². The first kappa shape index (κ1) is 22.9. The highest BCUT2D eigenvalue weighted by atomic mass is 35.5. The van der Waals surface area contributed by atoms with Crippen LogP contribution in [0.1, 0.15) is 37.9 Å². The van der Waals surface area contributed by atoms with E-state index in [1.807, 2.05) is 0 Å². The number of thiocarbonyl (C=S) groups is 1. The minimum Gasteiger partial charge on any atom is -0.481 e. The molecule has 3 rings (SSSR count). The molecule has 1 saturated heterocycles. The number of benzene rings is 1. The van der Waals surface area contributed by atoms with Gasteiger partial charge >= 0.3 is 5.97 Å². The number of carboxylic acid groups (broad SMARTS) is 1. The molecule has 2 heterocycles. The fourth-order valence-corrected chi connectivity index (χ4v) is 4.78. The van der Waals surface area contributed by atoms with Crippen LogP contribution in [0.4, 0.5) is 0 Å². The number of thioether (sulfide) groups is 1. The quantitative estimate of drug-likeness (QED) is 0.249. The first-order valence-electron chi connectivity index (χ1n) is 9.37. The number of hydrogen-bond acceptors (Lipinski definition) is 5. The Hall–Kier alpha value is -1.80. The summed E-state index contributed by atoms with van der Waals surface area (Å²) in [4.78, 5) is 25.3. The van der Waals surface area contributed by atoms with Gasteiger partial charge in [-0.2, -0.15) is 0 Å². The van der Waals surface area contributed by atoms with Gasteiger partial charge in [-0.1, -0.05) is 60.0 Å². The molecule has 9 heteroatoms. The summed E-state index contributed by atoms with van der Waals surface area (Å²) >= 11 is 18.8. The van der Waals surface area contributed by atoms with Crippen LogP contribution in [0.25, 0.3) is 17.4 Å². The topological polar surface area (TPSA) is 70.8 Å². The molecular weight excluding hydrogens is 465 g/mol. The summed E-state index contributed by atoms with van der Waals surface area (Å²) < 4.78 is 6.35. The van der Waals surface area contributed by atoms with Crippen molar-refractivity contribution in [1.82, 2.24) is 4.90 Å². The molecule has 1 aliphatic heterocycles. The molecule has 0 atom stereocenters. The smallest absolute Gasteiger partial charge is 0.303 e. The van der Waals surface area contributed by atoms with E-state index in [0.717, 1.165) is 24.8 Å². The molecule has 0 spiro atoms. The summed E-state index contributed by atoms with van der Waals surface area (Å²) in [6.45, 7) is 0.527. The van der Waals surface area contributed by atoms with Crippen LogP contribution in [0.2, 0.25) is 10.0 Å². The number of hydrogen-bond donors (Lipinski definition) is 1. The van der Waals surface area contributed by atoms with Crippen molar-refractivity contribution in [3.05, 3.63) is 51.0 Å². The minimum atomic E-state index is -0.781. The lowest BCUT2D eigenvalue weighted by atomic mass is 10.1. The number of carboxylic acids is 1. The largest absolute Gasteiger partial charge is 0.481 e. The van der Waals surface area contributed by atoms with E-state index in [-0.39, 0.29) is 12.3 Å². The molecule has 1 aliphatic rings. The van der Waals surface area contributed by atoms with Gasteiger partial charge in [0.25, 0.3) is 5.91 Å². The average molecular weight is 484 g/mol. The van der Waals surface area contributed by atoms with Gasteiger partial charge in [0.1, 0.15) is 15.8 Å². The highest BCUT2D eigenvalue weighted by Gasteiger charge is 2.31. The predicted molar refractivity (Wildman–Crippen MR) is 125 cm³/mol. The molecule has 1 N–H and O–H groups in total. The highest BCUT2D eigenvalue weighted by Crippen LogP contribution is 2.35. The van der Waals surface area contributed by atoms with Crippen molar-refractivity contribution in [2.75, 3.05) is 6.54 Å². The third-order valence-corrected chi connectivity index (χ3v) is 6.42. The maximum atomic E-state index is 12.7. The van der Waals surface area contributed by atoms with Crippen LogP contribution >= 0.6 is 47.2 Å². The second-order valence-corrected chi connectivity index (χ2v) is 9.24. The number of carbonyl (C=O) groups is 2. The molecule has 1 aromatic heterocycles. The van der Waals surface area contributed by atoms with E-state index in [9.17, 15) is 9.59 Å². The van der Waals surface area contributed by atoms with Gasteiger partial charge in [-0.25, -0.2) is 0 Å². The zero-order valence-electron chi connectivity index (χ0n) is 15.9. The third-order valence-electron chi connectivity index (χ3n) is 4.49. The number of rotatable bonds is 9. The van der Waals surface area contributed by atoms with Gasteiger partial charge in [-0.15, -0.1) is 0 Å². The summed E-state index contributed by atoms with van der Waals surface area (Å²) in [5.41, 5.74) is 0.719. The van der Waals surface area contributed by atoms with Crippen LogP contribution in [-0.4, -0.2) is 32.7 Å². The molecule has 1 aromatic carbocycles. The number of nitrogens with zero attached hydrogens (tertiary/aromatic N) is 1. The van der Waals surface area contributed by atoms with Crippen molar-refractivity contribution >= 4 is 69.5 Å². The lowest BCUT2D eigenvalue weighted by Gasteiger charge is -2.13. The monoisotopic (exact) mass is 483 g/mol. The lowest BCUT2D eigenvalue weighted by Crippen LogP contribution is -2.29. The number of carbonyl (C=O) groups excluding carboxylic acids is 1. The Morgan fingerprint density at radius 2 is 1.93 bits per heavy atom. The van der Waals surface area contributed by atoms with E-state index in [2.05, 4.69) is 0 Å². The molecule has 0 aliphatic carbocycles. The van der Waals surface area contributed by atoms with Crippen molar-refractivity contribution in [2.24, 2.45) is 0 Å². The van der Waals surface area contributed by atoms with Crippen molar-refractivity contribution in [3.63, 3.8) is 0 Å². The van der Waals surface area contributed by atoms with Crippen molar-refractivity contribution in [1.29, 1.82) is 0 Å². The van der Waals surface area contributed by atoms with Crippen LogP contribution in [0, 0.1) is 0 Å². The Bertz CT molecular complexity index is 1000. The zero-order valence-corrected chi connectivity index (χ0v) is 19.0. The van der Waals surface area contributed by atoms with Crippen LogP contribution in [-0.2, 0) is 9.59 Å². The van der Waals surface area contributed by atoms with Crippen LogP contribution in [0.3, 0.4) is 0 Å². The molecule has 0 bridgehead atoms. The highest BCUT2D eigenvalue weighted by molar-refractivity contribution is 8.26. The van der Waals surface area contributed by atoms with Gasteiger partial charge in [0.05, 0.1) is 9.93 Å². The van der Waals surface area contributed by atoms with E-state index in [4.69, 9.17) is 44.9 Å². The Kier molecular flexibility index (Phi) is 7.99. The molecule has 2 aromatic rings. The molecule has 158 valence electrons. The Morgan fingerprint density at radius 3 is 2.67 bits per heavy atom. The fraction of sp³-hybridized carbons (Fsp3) is 0.286. The van der Waals surface area contributed by atoms with Gasteiger partial charge in [-0.05, 0) is 43.2 Å². The van der Waals surface area contributed by atoms with E-state index in [1.165, 1.54) is 11.8 Å². The van der Waals surface area contributed by atoms with Gasteiger partial charge in [0.2, 0.25) is 0 Å². The van der Waals surface area contributed by atoms with E-state index < -0.39 is 5.97 Å². The average Bonchev–Trinajstić information content (AvgIpc) is 3.24. The van der Waals surface area contributed by atoms with Gasteiger partial charge in [-0.3, -0.25) is 14.5 Å². The zero-order chi connectivity index (χ0) is 21.7. The number of furan rings is 1. The minimum absolute atomic E-state index is 0.141. The summed E-state index contributed by atoms with van der Waals surface area (Å²) in [6.07, 6.45) is 4.95. The van der Waals surface area contributed by atoms with E-state index in [1.54, 1.807) is 41.3 Å². The third kappa shape index (κ3) is 5.88. The van der Waals surface area contributed by atoms with Gasteiger partial charge < -0.3 is 9.52 Å². The van der Waals surface area contributed by atoms with Crippen molar-refractivity contribution in [3.8, 4) is 11.3 Å². The molecule has 5 nitrogen and oxygen atoms in total. The summed E-state index contributed by atoms with van der Waals surface area (Å²) in [5.74, 6) is 0.194. The van der Waals surface area contributed by atoms with E-state index >= 15 is 0 Å². The van der Waals surface area contributed by atoms with Crippen molar-refractivity contribution in [2.45, 2.75) is 32.1 Å². The Balaban J connectivity index is 1.60. The lowest BCUT2D eigenvalue weighted by molar-refractivity contribution is -0.137. The molecule has 30 heavy (non-hydrogen) atoms. The molecule has 0 unspecified atom stereocenters. The Labute approximate surface area is 194 Å². The Morgan fingerprint density at radius 1 is 1.17 bits per heavy atom. The van der Waals surface area contributed by atoms with Crippen LogP contribution in [0.15, 0.2) is 39.7 Å². The standard InChI is InChI=1S/C21H19Cl2NO4S2/c22-13-6-8-15(16(23)11-13)17-9-7-14(28-17)12-18-20(27)24(21(29)30-18)10-4-2-1-3-5-19(25)26/h6-9,11-12H,1-5,10H2,(H,25,26). The second-order valence-electron chi connectivity index (χ2n) is 6.72. The molecule has 0 radical (unpaired) electrons. The number of amides is 1. The first-order chi connectivity index (χ1) is 14.3. The molecule has 0 saturated carbocycles. The molecule has 1 fully saturated rings. The fourth-order valence-electron chi connectivity index (χ4n) is 2.99. The summed E-state index contributed by atoms with van der Waals surface area (Å²) in [5, 5.41) is 9.68. The van der Waals surface area contributed by atoms with Gasteiger partial charge in [0.15, 0.2) is 0 Å². The normalized spacial score (nSPS) is 15.4. The summed E-state index contributed by atoms with van der Waals surface area (Å²) in [6, 6.07) is 8.72.